The van der Waals surface area contributed by atoms with Gasteiger partial charge in [0.05, 0.1) is 5.92 Å². The molecule has 1 fully saturated rings. The second-order valence-electron chi connectivity index (χ2n) is 11.5. The molecule has 2 aromatic heterocycles. The third-order valence-corrected chi connectivity index (χ3v) is 8.68. The molecule has 4 atom stereocenters. The molecule has 1 aliphatic heterocycles. The maximum atomic E-state index is 13.8. The smallest absolute Gasteiger partial charge is 0.226 e. The molecule has 0 N–H and O–H groups in total. The van der Waals surface area contributed by atoms with Crippen molar-refractivity contribution in [3.05, 3.63) is 65.6 Å². The summed E-state index contributed by atoms with van der Waals surface area (Å²) in [7, 11) is 2.23. The van der Waals surface area contributed by atoms with Crippen LogP contribution in [0.25, 0.3) is 10.9 Å². The molecule has 0 bridgehead atoms. The fourth-order valence-electron chi connectivity index (χ4n) is 6.74. The summed E-state index contributed by atoms with van der Waals surface area (Å²) in [4.78, 5) is 22.6. The number of benzene rings is 1. The number of likely N-dealkylation sites (N-methyl/N-ethyl adjacent to an activating group) is 1. The first kappa shape index (κ1) is 25.0. The van der Waals surface area contributed by atoms with Crippen LogP contribution in [0, 0.1) is 11.8 Å². The number of hydrogen-bond donors (Lipinski definition) is 0. The fourth-order valence-corrected chi connectivity index (χ4v) is 6.74. The molecule has 2 aliphatic rings. The number of aromatic nitrogens is 2. The largest absolute Gasteiger partial charge is 0.345 e. The normalized spacial score (nSPS) is 22.6. The lowest BCUT2D eigenvalue weighted by Gasteiger charge is -2.46. The van der Waals surface area contributed by atoms with Crippen molar-refractivity contribution in [2.24, 2.45) is 11.8 Å². The number of rotatable bonds is 8. The molecular weight excluding hydrogens is 444 g/mol. The van der Waals surface area contributed by atoms with Crippen molar-refractivity contribution >= 4 is 16.8 Å². The molecular formula is C31H42N4O. The fraction of sp³-hybridized carbons (Fsp3) is 0.548. The van der Waals surface area contributed by atoms with Crippen molar-refractivity contribution in [1.82, 2.24) is 19.4 Å². The molecule has 5 nitrogen and oxygen atoms in total. The number of aryl methyl sites for hydroxylation is 1. The molecule has 0 saturated carbocycles. The van der Waals surface area contributed by atoms with Crippen LogP contribution in [0.2, 0.25) is 0 Å². The van der Waals surface area contributed by atoms with E-state index in [4.69, 9.17) is 0 Å². The lowest BCUT2D eigenvalue weighted by molar-refractivity contribution is -0.138. The van der Waals surface area contributed by atoms with E-state index in [9.17, 15) is 4.79 Å². The molecule has 5 heteroatoms. The molecule has 3 aromatic rings. The van der Waals surface area contributed by atoms with E-state index in [-0.39, 0.29) is 5.92 Å². The molecule has 1 amide bonds. The molecule has 2 unspecified atom stereocenters. The van der Waals surface area contributed by atoms with Gasteiger partial charge in [-0.1, -0.05) is 19.1 Å². The number of pyridine rings is 1. The number of carbonyl (C=O) groups is 1. The number of amides is 1. The molecule has 192 valence electrons. The van der Waals surface area contributed by atoms with E-state index in [1.54, 1.807) is 0 Å². The highest BCUT2D eigenvalue weighted by molar-refractivity contribution is 5.89. The van der Waals surface area contributed by atoms with Gasteiger partial charge in [0.1, 0.15) is 0 Å². The van der Waals surface area contributed by atoms with Crippen molar-refractivity contribution in [3.63, 3.8) is 0 Å². The summed E-state index contributed by atoms with van der Waals surface area (Å²) in [5.74, 6) is 1.29. The molecule has 0 radical (unpaired) electrons. The van der Waals surface area contributed by atoms with Crippen LogP contribution in [-0.4, -0.2) is 58.0 Å². The number of hydrogen-bond acceptors (Lipinski definition) is 3. The quantitative estimate of drug-likeness (QED) is 0.410. The highest BCUT2D eigenvalue weighted by Gasteiger charge is 2.42. The molecule has 1 aromatic carbocycles. The lowest BCUT2D eigenvalue weighted by atomic mass is 9.72. The Labute approximate surface area is 216 Å². The highest BCUT2D eigenvalue weighted by atomic mass is 16.2. The topological polar surface area (TPSA) is 41.4 Å². The first-order chi connectivity index (χ1) is 17.4. The van der Waals surface area contributed by atoms with E-state index >= 15 is 0 Å². The van der Waals surface area contributed by atoms with Crippen LogP contribution in [0.3, 0.4) is 0 Å². The van der Waals surface area contributed by atoms with Crippen molar-refractivity contribution in [2.75, 3.05) is 26.7 Å². The van der Waals surface area contributed by atoms with Gasteiger partial charge < -0.3 is 14.4 Å². The van der Waals surface area contributed by atoms with E-state index in [1.807, 2.05) is 12.4 Å². The van der Waals surface area contributed by atoms with Crippen molar-refractivity contribution in [3.8, 4) is 0 Å². The Kier molecular flexibility index (Phi) is 7.21. The van der Waals surface area contributed by atoms with E-state index in [0.717, 1.165) is 45.3 Å². The first-order valence-corrected chi connectivity index (χ1v) is 13.9. The number of carbonyl (C=O) groups excluding carboxylic acids is 1. The van der Waals surface area contributed by atoms with E-state index in [1.165, 1.54) is 27.6 Å². The number of fused-ring (bicyclic) bond motifs is 2. The van der Waals surface area contributed by atoms with E-state index in [0.29, 0.717) is 29.8 Å². The van der Waals surface area contributed by atoms with Gasteiger partial charge in [0.25, 0.3) is 0 Å². The van der Waals surface area contributed by atoms with Gasteiger partial charge in [-0.25, -0.2) is 0 Å². The summed E-state index contributed by atoms with van der Waals surface area (Å²) in [5.41, 5.74) is 5.61. The van der Waals surface area contributed by atoms with Gasteiger partial charge >= 0.3 is 0 Å². The minimum absolute atomic E-state index is 0.0626. The zero-order chi connectivity index (χ0) is 25.4. The highest BCUT2D eigenvalue weighted by Crippen LogP contribution is 2.45. The molecule has 1 saturated heterocycles. The van der Waals surface area contributed by atoms with E-state index < -0.39 is 0 Å². The maximum Gasteiger partial charge on any atom is 0.226 e. The van der Waals surface area contributed by atoms with E-state index in [2.05, 4.69) is 90.6 Å². The number of nitrogens with zero attached hydrogens (tertiary/aromatic N) is 4. The van der Waals surface area contributed by atoms with Crippen molar-refractivity contribution in [1.29, 1.82) is 0 Å². The third kappa shape index (κ3) is 4.70. The SMILES string of the molecule is CCN(CC(C)CCc1ccncc1)C(=O)[C@@H]1CC2c3cccc4c3c(cn4C(C)C)C[C@H]2N(C)C1. The predicted octanol–water partition coefficient (Wildman–Crippen LogP) is 5.69. The third-order valence-electron chi connectivity index (χ3n) is 8.68. The van der Waals surface area contributed by atoms with Crippen LogP contribution < -0.4 is 0 Å². The Bertz CT molecular complexity index is 1200. The Morgan fingerprint density at radius 1 is 1.17 bits per heavy atom. The summed E-state index contributed by atoms with van der Waals surface area (Å²) in [6.45, 7) is 11.4. The molecule has 36 heavy (non-hydrogen) atoms. The van der Waals surface area contributed by atoms with Crippen molar-refractivity contribution < 1.29 is 4.79 Å². The summed E-state index contributed by atoms with van der Waals surface area (Å²) < 4.78 is 2.43. The van der Waals surface area contributed by atoms with Crippen LogP contribution in [0.15, 0.2) is 48.9 Å². The van der Waals surface area contributed by atoms with Gasteiger partial charge in [-0.3, -0.25) is 9.78 Å². The Morgan fingerprint density at radius 2 is 1.94 bits per heavy atom. The van der Waals surface area contributed by atoms with Crippen LogP contribution in [0.5, 0.6) is 0 Å². The minimum atomic E-state index is 0.0626. The standard InChI is InChI=1S/C31H42N4O/c1-6-34(18-22(4)10-11-23-12-14-32-15-13-23)31(36)25-16-27-26-8-7-9-28-30(26)24(20-35(28)21(2)3)17-29(27)33(5)19-25/h7-9,12-15,20-22,25,27,29H,6,10-11,16-19H2,1-5H3/t22?,25-,27?,29-/m1/s1. The van der Waals surface area contributed by atoms with Gasteiger partial charge in [0.2, 0.25) is 5.91 Å². The Balaban J connectivity index is 1.31. The van der Waals surface area contributed by atoms with Gasteiger partial charge in [0.15, 0.2) is 0 Å². The van der Waals surface area contributed by atoms with Crippen LogP contribution in [0.4, 0.5) is 0 Å². The number of piperidine rings is 1. The first-order valence-electron chi connectivity index (χ1n) is 13.9. The number of likely N-dealkylation sites (tertiary alicyclic amines) is 1. The molecule has 5 rings (SSSR count). The molecule has 0 spiro atoms. The lowest BCUT2D eigenvalue weighted by Crippen LogP contribution is -2.52. The molecule has 1 aliphatic carbocycles. The average molecular weight is 487 g/mol. The summed E-state index contributed by atoms with van der Waals surface area (Å²) >= 11 is 0. The zero-order valence-electron chi connectivity index (χ0n) is 22.7. The summed E-state index contributed by atoms with van der Waals surface area (Å²) in [5, 5.41) is 1.45. The van der Waals surface area contributed by atoms with Crippen LogP contribution in [0.1, 0.15) is 69.2 Å². The van der Waals surface area contributed by atoms with Gasteiger partial charge in [0, 0.05) is 67.1 Å². The van der Waals surface area contributed by atoms with Gasteiger partial charge in [-0.2, -0.15) is 0 Å². The van der Waals surface area contributed by atoms with Crippen molar-refractivity contribution in [2.45, 2.75) is 71.4 Å². The summed E-state index contributed by atoms with van der Waals surface area (Å²) in [6.07, 6.45) is 10.3. The summed E-state index contributed by atoms with van der Waals surface area (Å²) in [6, 6.07) is 11.9. The van der Waals surface area contributed by atoms with Crippen LogP contribution >= 0.6 is 0 Å². The second kappa shape index (κ2) is 10.4. The van der Waals surface area contributed by atoms with Crippen LogP contribution in [-0.2, 0) is 17.6 Å². The Morgan fingerprint density at radius 3 is 2.67 bits per heavy atom. The predicted molar refractivity (Wildman–Crippen MR) is 147 cm³/mol. The zero-order valence-corrected chi connectivity index (χ0v) is 22.7. The minimum Gasteiger partial charge on any atom is -0.345 e. The monoisotopic (exact) mass is 486 g/mol. The Hall–Kier alpha value is -2.66. The van der Waals surface area contributed by atoms with Gasteiger partial charge in [-0.15, -0.1) is 0 Å². The maximum absolute atomic E-state index is 13.8. The molecule has 3 heterocycles. The average Bonchev–Trinajstić information content (AvgIpc) is 3.27. The van der Waals surface area contributed by atoms with Gasteiger partial charge in [-0.05, 0) is 94.3 Å². The second-order valence-corrected chi connectivity index (χ2v) is 11.5.